The summed E-state index contributed by atoms with van der Waals surface area (Å²) in [4.78, 5) is 24.0. The Balaban J connectivity index is 5.06. The molecule has 1 unspecified atom stereocenters. The molecule has 0 aromatic carbocycles. The van der Waals surface area contributed by atoms with E-state index in [9.17, 15) is 62.3 Å². The molecule has 0 aliphatic rings. The summed E-state index contributed by atoms with van der Waals surface area (Å²) in [6.07, 6.45) is 2.68. The fraction of sp³-hybridized carbons (Fsp3) is 0.913. The third-order valence-electron chi connectivity index (χ3n) is 5.90. The van der Waals surface area contributed by atoms with E-state index in [0.29, 0.717) is 12.8 Å². The van der Waals surface area contributed by atoms with Gasteiger partial charge in [-0.15, -0.1) is 4.33 Å². The van der Waals surface area contributed by atoms with Crippen molar-refractivity contribution in [3.63, 3.8) is 0 Å². The number of halogens is 12. The molecule has 0 radical (unpaired) electrons. The lowest BCUT2D eigenvalue weighted by atomic mass is 9.94. The maximum Gasteiger partial charge on any atom is 0.384 e. The highest BCUT2D eigenvalue weighted by Crippen LogP contribution is 2.58. The molecule has 0 fully saturated rings. The van der Waals surface area contributed by atoms with Gasteiger partial charge in [0.2, 0.25) is 0 Å². The van der Waals surface area contributed by atoms with Crippen LogP contribution in [-0.2, 0) is 28.4 Å². The van der Waals surface area contributed by atoms with Crippen molar-refractivity contribution in [2.24, 2.45) is 0 Å². The van der Waals surface area contributed by atoms with Crippen LogP contribution < -0.4 is 0 Å². The van der Waals surface area contributed by atoms with E-state index in [2.05, 4.69) is 21.0 Å². The molecule has 0 saturated heterocycles. The second-order valence-corrected chi connectivity index (χ2v) is 10.2. The second kappa shape index (κ2) is 18.3. The number of hydrogen-bond acceptors (Lipinski definition) is 8. The Labute approximate surface area is 243 Å². The second-order valence-electron chi connectivity index (χ2n) is 9.29. The highest BCUT2D eigenvalue weighted by atomic mass is 32.2. The van der Waals surface area contributed by atoms with Gasteiger partial charge in [0.15, 0.2) is 6.61 Å². The first-order valence-electron chi connectivity index (χ1n) is 12.9. The number of esters is 2. The van der Waals surface area contributed by atoms with Gasteiger partial charge >= 0.3 is 48.0 Å². The number of rotatable bonds is 24. The molecule has 0 spiro atoms. The van der Waals surface area contributed by atoms with Gasteiger partial charge in [-0.1, -0.05) is 69.7 Å². The first-order valence-corrected chi connectivity index (χ1v) is 13.7. The summed E-state index contributed by atoms with van der Waals surface area (Å²) in [7, 11) is 0. The van der Waals surface area contributed by atoms with E-state index in [1.54, 1.807) is 0 Å². The van der Waals surface area contributed by atoms with Gasteiger partial charge < -0.3 is 9.47 Å². The Kier molecular flexibility index (Phi) is 17.6. The summed E-state index contributed by atoms with van der Waals surface area (Å²) in [5.74, 6) is -40.0. The molecule has 0 saturated carbocycles. The van der Waals surface area contributed by atoms with Crippen LogP contribution in [0.5, 0.6) is 0 Å². The minimum Gasteiger partial charge on any atom is -0.466 e. The minimum atomic E-state index is -7.80. The van der Waals surface area contributed by atoms with Gasteiger partial charge in [0.05, 0.1) is 25.1 Å². The molecule has 0 aliphatic heterocycles. The van der Waals surface area contributed by atoms with Crippen molar-refractivity contribution in [2.75, 3.05) is 13.2 Å². The van der Waals surface area contributed by atoms with E-state index in [1.165, 1.54) is 6.42 Å². The molecule has 0 heterocycles. The van der Waals surface area contributed by atoms with Gasteiger partial charge in [-0.05, 0) is 6.42 Å². The first-order chi connectivity index (χ1) is 19.7. The molecule has 43 heavy (non-hydrogen) atoms. The molecule has 0 aromatic heterocycles. The minimum absolute atomic E-state index is 0.171. The van der Waals surface area contributed by atoms with Crippen molar-refractivity contribution >= 4 is 24.0 Å². The van der Waals surface area contributed by atoms with Gasteiger partial charge in [0, 0.05) is 0 Å². The molecule has 0 aromatic rings. The topological polar surface area (TPSA) is 91.3 Å². The number of ether oxygens (including phenoxy) is 2. The van der Waals surface area contributed by atoms with Crippen LogP contribution >= 0.6 is 12.0 Å². The monoisotopic (exact) mass is 680 g/mol. The lowest BCUT2D eigenvalue weighted by Crippen LogP contribution is -2.69. The predicted octanol–water partition coefficient (Wildman–Crippen LogP) is 8.26. The zero-order valence-electron chi connectivity index (χ0n) is 22.7. The van der Waals surface area contributed by atoms with Gasteiger partial charge in [-0.2, -0.15) is 43.9 Å². The van der Waals surface area contributed by atoms with E-state index in [1.807, 2.05) is 0 Å². The average molecular weight is 681 g/mol. The van der Waals surface area contributed by atoms with Crippen LogP contribution in [0.1, 0.15) is 77.6 Å². The summed E-state index contributed by atoms with van der Waals surface area (Å²) in [6, 6.07) is 0. The SMILES string of the molecule is CCCCCCCCCCCCOC(=O)CC(SOOO)C(=O)OCC(F)(F)C(F)(F)C(F)(F)C(F)(F)C(F)(F)C(F)F. The molecule has 0 rings (SSSR count). The largest absolute Gasteiger partial charge is 0.466 e. The summed E-state index contributed by atoms with van der Waals surface area (Å²) in [5, 5.41) is 9.15. The number of carbonyl (C=O) groups is 2. The summed E-state index contributed by atoms with van der Waals surface area (Å²) in [5.41, 5.74) is 0. The predicted molar refractivity (Wildman–Crippen MR) is 125 cm³/mol. The molecule has 256 valence electrons. The maximum atomic E-state index is 13.9. The Morgan fingerprint density at radius 1 is 0.721 bits per heavy atom. The molecular weight excluding hydrogens is 648 g/mol. The van der Waals surface area contributed by atoms with Crippen LogP contribution in [0.25, 0.3) is 0 Å². The fourth-order valence-electron chi connectivity index (χ4n) is 3.33. The standard InChI is InChI=1S/C23H32F12O7S/c1-2-3-4-5-6-7-8-9-10-11-12-39-16(36)13-15(43-42-41-38)17(37)40-14-19(26,27)21(30,31)23(34,35)22(32,33)20(28,29)18(24)25/h15,18,38H,2-14H2,1H3. The highest BCUT2D eigenvalue weighted by Gasteiger charge is 2.87. The van der Waals surface area contributed by atoms with Gasteiger partial charge in [-0.25, -0.2) is 14.0 Å². The van der Waals surface area contributed by atoms with E-state index in [0.717, 1.165) is 44.9 Å². The van der Waals surface area contributed by atoms with Crippen LogP contribution in [0.4, 0.5) is 52.7 Å². The van der Waals surface area contributed by atoms with E-state index in [4.69, 9.17) is 9.99 Å². The van der Waals surface area contributed by atoms with Crippen LogP contribution in [0.2, 0.25) is 0 Å². The van der Waals surface area contributed by atoms with Crippen molar-refractivity contribution in [3.05, 3.63) is 0 Å². The Hall–Kier alpha value is -1.67. The molecule has 0 amide bonds. The first kappa shape index (κ1) is 41.3. The molecular formula is C23H32F12O7S. The smallest absolute Gasteiger partial charge is 0.384 e. The summed E-state index contributed by atoms with van der Waals surface area (Å²) >= 11 is -0.339. The summed E-state index contributed by atoms with van der Waals surface area (Å²) in [6.45, 7) is -1.24. The maximum absolute atomic E-state index is 13.9. The number of unbranched alkanes of at least 4 members (excludes halogenated alkanes) is 9. The zero-order chi connectivity index (χ0) is 33.5. The zero-order valence-corrected chi connectivity index (χ0v) is 23.5. The third kappa shape index (κ3) is 11.6. The lowest BCUT2D eigenvalue weighted by Gasteiger charge is -2.38. The number of alkyl halides is 12. The summed E-state index contributed by atoms with van der Waals surface area (Å²) < 4.78 is 171. The average Bonchev–Trinajstić information content (AvgIpc) is 2.92. The number of hydrogen-bond donors (Lipinski definition) is 1. The number of carbonyl (C=O) groups excluding carboxylic acids is 2. The van der Waals surface area contributed by atoms with Gasteiger partial charge in [-0.3, -0.25) is 9.59 Å². The third-order valence-corrected chi connectivity index (χ3v) is 6.63. The highest BCUT2D eigenvalue weighted by molar-refractivity contribution is 7.95. The van der Waals surface area contributed by atoms with E-state index < -0.39 is 66.3 Å². The van der Waals surface area contributed by atoms with Crippen LogP contribution in [-0.4, -0.2) is 71.7 Å². The lowest BCUT2D eigenvalue weighted by molar-refractivity contribution is -0.432. The van der Waals surface area contributed by atoms with Crippen LogP contribution in [0.3, 0.4) is 0 Å². The normalized spacial score (nSPS) is 14.2. The van der Waals surface area contributed by atoms with Crippen LogP contribution in [0, 0.1) is 0 Å². The molecule has 0 aliphatic carbocycles. The van der Waals surface area contributed by atoms with Crippen molar-refractivity contribution in [3.8, 4) is 0 Å². The van der Waals surface area contributed by atoms with Gasteiger partial charge in [0.1, 0.15) is 5.25 Å². The quantitative estimate of drug-likeness (QED) is 0.0272. The molecule has 7 nitrogen and oxygen atoms in total. The van der Waals surface area contributed by atoms with Crippen molar-refractivity contribution < 1.29 is 86.4 Å². The molecule has 1 atom stereocenters. The van der Waals surface area contributed by atoms with Gasteiger partial charge in [0.25, 0.3) is 0 Å². The van der Waals surface area contributed by atoms with Crippen molar-refractivity contribution in [1.82, 2.24) is 0 Å². The van der Waals surface area contributed by atoms with Crippen molar-refractivity contribution in [2.45, 2.75) is 119 Å². The molecule has 20 heteroatoms. The Morgan fingerprint density at radius 3 is 1.67 bits per heavy atom. The fourth-order valence-corrected chi connectivity index (χ4v) is 3.81. The van der Waals surface area contributed by atoms with E-state index in [-0.39, 0.29) is 18.6 Å². The van der Waals surface area contributed by atoms with Crippen LogP contribution in [0.15, 0.2) is 0 Å². The van der Waals surface area contributed by atoms with Crippen molar-refractivity contribution in [1.29, 1.82) is 0 Å². The Bertz CT molecular complexity index is 834. The molecule has 1 N–H and O–H groups in total. The molecule has 0 bridgehead atoms. The van der Waals surface area contributed by atoms with E-state index >= 15 is 0 Å². The Morgan fingerprint density at radius 2 is 1.21 bits per heavy atom.